The molecule has 26 heavy (non-hydrogen) atoms. The number of anilines is 1. The van der Waals surface area contributed by atoms with Gasteiger partial charge in [-0.1, -0.05) is 23.7 Å². The summed E-state index contributed by atoms with van der Waals surface area (Å²) in [7, 11) is 1.90. The first kappa shape index (κ1) is 18.0. The lowest BCUT2D eigenvalue weighted by molar-refractivity contribution is -0.885. The summed E-state index contributed by atoms with van der Waals surface area (Å²) in [5, 5.41) is 7.47. The zero-order valence-electron chi connectivity index (χ0n) is 14.1. The van der Waals surface area contributed by atoms with Gasteiger partial charge in [0.1, 0.15) is 25.0 Å². The van der Waals surface area contributed by atoms with Crippen molar-refractivity contribution < 1.29 is 14.1 Å². The highest BCUT2D eigenvalue weighted by molar-refractivity contribution is 6.31. The van der Waals surface area contributed by atoms with Gasteiger partial charge in [0.15, 0.2) is 6.54 Å². The molecule has 0 radical (unpaired) electrons. The molecule has 0 aliphatic heterocycles. The van der Waals surface area contributed by atoms with Gasteiger partial charge in [0, 0.05) is 10.6 Å². The molecule has 3 rings (SSSR count). The average Bonchev–Trinajstić information content (AvgIpc) is 3.11. The van der Waals surface area contributed by atoms with E-state index in [4.69, 9.17) is 11.6 Å². The highest BCUT2D eigenvalue weighted by Crippen LogP contribution is 2.23. The molecular formula is C18H18ClFN5O+. The number of benzene rings is 2. The normalized spacial score (nSPS) is 12.0. The van der Waals surface area contributed by atoms with Crippen LogP contribution >= 0.6 is 11.6 Å². The number of nitrogens with one attached hydrogen (secondary N) is 2. The van der Waals surface area contributed by atoms with Gasteiger partial charge in [-0.05, 0) is 30.3 Å². The zero-order valence-corrected chi connectivity index (χ0v) is 14.9. The van der Waals surface area contributed by atoms with E-state index < -0.39 is 0 Å². The fourth-order valence-electron chi connectivity index (χ4n) is 2.62. The van der Waals surface area contributed by atoms with Crippen molar-refractivity contribution in [1.29, 1.82) is 0 Å². The van der Waals surface area contributed by atoms with Crippen LogP contribution in [0.1, 0.15) is 5.56 Å². The summed E-state index contributed by atoms with van der Waals surface area (Å²) in [6, 6.07) is 11.4. The van der Waals surface area contributed by atoms with Gasteiger partial charge in [-0.3, -0.25) is 4.79 Å². The molecule has 1 heterocycles. The topological polar surface area (TPSA) is 64.2 Å². The molecule has 0 spiro atoms. The maximum absolute atomic E-state index is 13.0. The Labute approximate surface area is 155 Å². The van der Waals surface area contributed by atoms with Gasteiger partial charge >= 0.3 is 0 Å². The van der Waals surface area contributed by atoms with E-state index in [1.165, 1.54) is 18.5 Å². The summed E-state index contributed by atoms with van der Waals surface area (Å²) in [5.74, 6) is -0.431. The number of quaternary nitrogens is 1. The fourth-order valence-corrected chi connectivity index (χ4v) is 2.79. The van der Waals surface area contributed by atoms with Gasteiger partial charge in [0.05, 0.1) is 18.4 Å². The van der Waals surface area contributed by atoms with Crippen molar-refractivity contribution in [3.05, 3.63) is 71.5 Å². The first-order chi connectivity index (χ1) is 12.5. The van der Waals surface area contributed by atoms with E-state index in [9.17, 15) is 9.18 Å². The Morgan fingerprint density at radius 1 is 1.27 bits per heavy atom. The van der Waals surface area contributed by atoms with Crippen LogP contribution in [0.25, 0.3) is 5.69 Å². The molecule has 0 aliphatic rings. The number of hydrogen-bond donors (Lipinski definition) is 2. The zero-order chi connectivity index (χ0) is 18.5. The number of halogens is 2. The lowest BCUT2D eigenvalue weighted by Crippen LogP contribution is -3.08. The van der Waals surface area contributed by atoms with Crippen LogP contribution < -0.4 is 10.2 Å². The number of aromatic nitrogens is 3. The summed E-state index contributed by atoms with van der Waals surface area (Å²) >= 11 is 6.06. The van der Waals surface area contributed by atoms with Crippen molar-refractivity contribution >= 4 is 23.2 Å². The third-order valence-electron chi connectivity index (χ3n) is 3.78. The Morgan fingerprint density at radius 3 is 2.73 bits per heavy atom. The van der Waals surface area contributed by atoms with Crippen LogP contribution in [0.5, 0.6) is 0 Å². The highest BCUT2D eigenvalue weighted by Gasteiger charge is 2.14. The highest BCUT2D eigenvalue weighted by atomic mass is 35.5. The molecule has 1 amide bonds. The molecule has 0 fully saturated rings. The molecular weight excluding hydrogens is 357 g/mol. The second kappa shape index (κ2) is 8.07. The van der Waals surface area contributed by atoms with Crippen LogP contribution in [0.2, 0.25) is 5.02 Å². The molecule has 0 saturated heterocycles. The minimum atomic E-state index is -0.272. The van der Waals surface area contributed by atoms with Crippen molar-refractivity contribution in [3.63, 3.8) is 0 Å². The lowest BCUT2D eigenvalue weighted by atomic mass is 10.2. The quantitative estimate of drug-likeness (QED) is 0.690. The van der Waals surface area contributed by atoms with Crippen molar-refractivity contribution in [2.75, 3.05) is 18.9 Å². The molecule has 8 heteroatoms. The third kappa shape index (κ3) is 4.65. The number of carbonyl (C=O) groups is 1. The van der Waals surface area contributed by atoms with Crippen LogP contribution in [-0.2, 0) is 11.3 Å². The summed E-state index contributed by atoms with van der Waals surface area (Å²) in [6.07, 6.45) is 2.96. The number of carbonyl (C=O) groups excluding carboxylic acids is 1. The summed E-state index contributed by atoms with van der Waals surface area (Å²) in [5.41, 5.74) is 2.20. The molecule has 2 N–H and O–H groups in total. The van der Waals surface area contributed by atoms with E-state index in [1.54, 1.807) is 41.3 Å². The van der Waals surface area contributed by atoms with Crippen LogP contribution in [-0.4, -0.2) is 34.3 Å². The average molecular weight is 375 g/mol. The molecule has 0 aliphatic carbocycles. The van der Waals surface area contributed by atoms with Gasteiger partial charge in [-0.15, -0.1) is 0 Å². The van der Waals surface area contributed by atoms with Crippen molar-refractivity contribution in [3.8, 4) is 5.69 Å². The van der Waals surface area contributed by atoms with Gasteiger partial charge in [-0.25, -0.2) is 14.1 Å². The second-order valence-electron chi connectivity index (χ2n) is 5.99. The predicted molar refractivity (Wildman–Crippen MR) is 96.9 cm³/mol. The number of hydrogen-bond acceptors (Lipinski definition) is 3. The largest absolute Gasteiger partial charge is 0.326 e. The molecule has 0 saturated carbocycles. The molecule has 0 bridgehead atoms. The van der Waals surface area contributed by atoms with Crippen LogP contribution in [0.3, 0.4) is 0 Å². The van der Waals surface area contributed by atoms with Crippen molar-refractivity contribution in [2.45, 2.75) is 6.54 Å². The summed E-state index contributed by atoms with van der Waals surface area (Å²) in [6.45, 7) is 0.861. The van der Waals surface area contributed by atoms with Gasteiger partial charge in [0.2, 0.25) is 0 Å². The number of nitrogens with zero attached hydrogens (tertiary/aromatic N) is 3. The number of amides is 1. The van der Waals surface area contributed by atoms with E-state index in [2.05, 4.69) is 15.4 Å². The molecule has 6 nitrogen and oxygen atoms in total. The molecule has 1 aromatic heterocycles. The fraction of sp³-hybridized carbons (Fsp3) is 0.167. The van der Waals surface area contributed by atoms with E-state index in [-0.39, 0.29) is 18.3 Å². The van der Waals surface area contributed by atoms with E-state index >= 15 is 0 Å². The third-order valence-corrected chi connectivity index (χ3v) is 4.01. The Hall–Kier alpha value is -2.77. The Bertz CT molecular complexity index is 883. The molecule has 1 unspecified atom stereocenters. The minimum Gasteiger partial charge on any atom is -0.326 e. The predicted octanol–water partition coefficient (Wildman–Crippen LogP) is 1.71. The first-order valence-electron chi connectivity index (χ1n) is 8.01. The van der Waals surface area contributed by atoms with E-state index in [1.807, 2.05) is 7.05 Å². The standard InChI is InChI=1S/C18H17ClFN5O/c1-24(9-13-2-5-15(20)6-3-13)10-18(26)23-16-8-14(19)4-7-17(16)25-12-21-11-22-25/h2-8,11-12H,9-10H2,1H3,(H,23,26)/p+1. The van der Waals surface area contributed by atoms with Crippen LogP contribution in [0.4, 0.5) is 10.1 Å². The second-order valence-corrected chi connectivity index (χ2v) is 6.42. The molecule has 134 valence electrons. The molecule has 1 atom stereocenters. The summed E-state index contributed by atoms with van der Waals surface area (Å²) < 4.78 is 14.5. The summed E-state index contributed by atoms with van der Waals surface area (Å²) in [4.78, 5) is 17.3. The van der Waals surface area contributed by atoms with Gasteiger partial charge in [0.25, 0.3) is 5.91 Å². The van der Waals surface area contributed by atoms with Gasteiger partial charge < -0.3 is 10.2 Å². The van der Waals surface area contributed by atoms with Crippen LogP contribution in [0, 0.1) is 5.82 Å². The number of likely N-dealkylation sites (N-methyl/N-ethyl adjacent to an activating group) is 1. The molecule has 3 aromatic rings. The maximum atomic E-state index is 13.0. The van der Waals surface area contributed by atoms with Crippen molar-refractivity contribution in [2.24, 2.45) is 0 Å². The van der Waals surface area contributed by atoms with Gasteiger partial charge in [-0.2, -0.15) is 5.10 Å². The Balaban J connectivity index is 1.66. The first-order valence-corrected chi connectivity index (χ1v) is 8.39. The smallest absolute Gasteiger partial charge is 0.279 e. The SMILES string of the molecule is C[NH+](CC(=O)Nc1cc(Cl)ccc1-n1cncn1)Cc1ccc(F)cc1. The number of rotatable bonds is 6. The lowest BCUT2D eigenvalue weighted by Gasteiger charge is -2.15. The Kier molecular flexibility index (Phi) is 5.60. The maximum Gasteiger partial charge on any atom is 0.279 e. The van der Waals surface area contributed by atoms with Crippen molar-refractivity contribution in [1.82, 2.24) is 14.8 Å². The monoisotopic (exact) mass is 374 g/mol. The van der Waals surface area contributed by atoms with Crippen LogP contribution in [0.15, 0.2) is 55.1 Å². The minimum absolute atomic E-state index is 0.159. The van der Waals surface area contributed by atoms with E-state index in [0.717, 1.165) is 10.5 Å². The molecule has 2 aromatic carbocycles. The Morgan fingerprint density at radius 2 is 2.04 bits per heavy atom. The van der Waals surface area contributed by atoms with E-state index in [0.29, 0.717) is 22.9 Å².